The molecule has 0 saturated carbocycles. The van der Waals surface area contributed by atoms with E-state index in [1.807, 2.05) is 19.1 Å². The summed E-state index contributed by atoms with van der Waals surface area (Å²) in [7, 11) is 0. The van der Waals surface area contributed by atoms with Crippen molar-refractivity contribution in [2.75, 3.05) is 0 Å². The fourth-order valence-corrected chi connectivity index (χ4v) is 1.82. The first kappa shape index (κ1) is 9.97. The maximum Gasteiger partial charge on any atom is 0.336 e. The molecule has 78 valence electrons. The van der Waals surface area contributed by atoms with Crippen molar-refractivity contribution in [3.05, 3.63) is 45.8 Å². The molecule has 0 aliphatic rings. The highest BCUT2D eigenvalue weighted by molar-refractivity contribution is 5.83. The molecular weight excluding hydrogens is 188 g/mol. The van der Waals surface area contributed by atoms with Gasteiger partial charge in [-0.3, -0.25) is 0 Å². The van der Waals surface area contributed by atoms with Gasteiger partial charge in [-0.05, 0) is 30.0 Å². The molecule has 2 aromatic rings. The fourth-order valence-electron chi connectivity index (χ4n) is 1.82. The molecule has 0 spiro atoms. The third kappa shape index (κ3) is 1.67. The summed E-state index contributed by atoms with van der Waals surface area (Å²) >= 11 is 0. The van der Waals surface area contributed by atoms with Crippen LogP contribution in [-0.2, 0) is 0 Å². The largest absolute Gasteiger partial charge is 0.422 e. The summed E-state index contributed by atoms with van der Waals surface area (Å²) in [6.45, 7) is 6.22. The van der Waals surface area contributed by atoms with Crippen molar-refractivity contribution in [2.45, 2.75) is 26.7 Å². The zero-order chi connectivity index (χ0) is 11.0. The van der Waals surface area contributed by atoms with Gasteiger partial charge in [0.1, 0.15) is 5.58 Å². The Hall–Kier alpha value is -1.57. The third-order valence-electron chi connectivity index (χ3n) is 2.64. The van der Waals surface area contributed by atoms with Crippen LogP contribution < -0.4 is 5.63 Å². The lowest BCUT2D eigenvalue weighted by molar-refractivity contribution is 0.558. The standard InChI is InChI=1S/C13H14O2/c1-8(2)10-5-4-9(3)13-11(10)6-7-12(14)15-13/h4-8H,1-3H3. The van der Waals surface area contributed by atoms with Crippen LogP contribution in [0.4, 0.5) is 0 Å². The van der Waals surface area contributed by atoms with E-state index in [9.17, 15) is 4.79 Å². The molecule has 0 amide bonds. The van der Waals surface area contributed by atoms with Crippen molar-refractivity contribution in [1.29, 1.82) is 0 Å². The van der Waals surface area contributed by atoms with Gasteiger partial charge in [-0.15, -0.1) is 0 Å². The first-order valence-electron chi connectivity index (χ1n) is 5.13. The summed E-state index contributed by atoms with van der Waals surface area (Å²) in [6.07, 6.45) is 0. The maximum atomic E-state index is 11.2. The molecule has 0 bridgehead atoms. The van der Waals surface area contributed by atoms with Gasteiger partial charge >= 0.3 is 5.63 Å². The van der Waals surface area contributed by atoms with Gasteiger partial charge in [-0.1, -0.05) is 26.0 Å². The summed E-state index contributed by atoms with van der Waals surface area (Å²) in [6, 6.07) is 7.43. The molecule has 15 heavy (non-hydrogen) atoms. The Bertz CT molecular complexity index is 550. The van der Waals surface area contributed by atoms with Crippen molar-refractivity contribution in [3.63, 3.8) is 0 Å². The van der Waals surface area contributed by atoms with Crippen LogP contribution in [0, 0.1) is 6.92 Å². The smallest absolute Gasteiger partial charge is 0.336 e. The quantitative estimate of drug-likeness (QED) is 0.664. The number of benzene rings is 1. The first-order valence-corrected chi connectivity index (χ1v) is 5.13. The highest BCUT2D eigenvalue weighted by atomic mass is 16.4. The fraction of sp³-hybridized carbons (Fsp3) is 0.308. The van der Waals surface area contributed by atoms with E-state index in [4.69, 9.17) is 4.42 Å². The van der Waals surface area contributed by atoms with Crippen molar-refractivity contribution >= 4 is 11.0 Å². The van der Waals surface area contributed by atoms with E-state index in [1.54, 1.807) is 0 Å². The van der Waals surface area contributed by atoms with E-state index in [0.29, 0.717) is 11.5 Å². The van der Waals surface area contributed by atoms with Gasteiger partial charge in [0.25, 0.3) is 0 Å². The Morgan fingerprint density at radius 3 is 2.53 bits per heavy atom. The lowest BCUT2D eigenvalue weighted by atomic mass is 9.97. The minimum Gasteiger partial charge on any atom is -0.422 e. The van der Waals surface area contributed by atoms with E-state index in [2.05, 4.69) is 19.9 Å². The van der Waals surface area contributed by atoms with Crippen LogP contribution in [0.5, 0.6) is 0 Å². The first-order chi connectivity index (χ1) is 7.09. The van der Waals surface area contributed by atoms with Gasteiger partial charge in [0.15, 0.2) is 0 Å². The van der Waals surface area contributed by atoms with E-state index >= 15 is 0 Å². The number of hydrogen-bond donors (Lipinski definition) is 0. The molecule has 1 aromatic heterocycles. The van der Waals surface area contributed by atoms with Crippen LogP contribution >= 0.6 is 0 Å². The second-order valence-corrected chi connectivity index (χ2v) is 4.12. The number of rotatable bonds is 1. The summed E-state index contributed by atoms with van der Waals surface area (Å²) in [5, 5.41) is 1.05. The van der Waals surface area contributed by atoms with Gasteiger partial charge in [-0.2, -0.15) is 0 Å². The predicted octanol–water partition coefficient (Wildman–Crippen LogP) is 3.22. The highest BCUT2D eigenvalue weighted by Gasteiger charge is 2.08. The number of hydrogen-bond acceptors (Lipinski definition) is 2. The zero-order valence-electron chi connectivity index (χ0n) is 9.20. The van der Waals surface area contributed by atoms with Crippen molar-refractivity contribution < 1.29 is 4.42 Å². The van der Waals surface area contributed by atoms with Crippen LogP contribution in [0.2, 0.25) is 0 Å². The van der Waals surface area contributed by atoms with Crippen LogP contribution in [0.25, 0.3) is 11.0 Å². The molecule has 0 N–H and O–H groups in total. The molecule has 0 aliphatic heterocycles. The minimum absolute atomic E-state index is 0.286. The Morgan fingerprint density at radius 2 is 1.87 bits per heavy atom. The number of aryl methyl sites for hydroxylation is 1. The average molecular weight is 202 g/mol. The molecule has 0 fully saturated rings. The van der Waals surface area contributed by atoms with Crippen LogP contribution in [-0.4, -0.2) is 0 Å². The zero-order valence-corrected chi connectivity index (χ0v) is 9.20. The number of fused-ring (bicyclic) bond motifs is 1. The lowest BCUT2D eigenvalue weighted by Gasteiger charge is -2.10. The van der Waals surface area contributed by atoms with E-state index < -0.39 is 0 Å². The summed E-state index contributed by atoms with van der Waals surface area (Å²) in [5.74, 6) is 0.431. The normalized spacial score (nSPS) is 11.2. The summed E-state index contributed by atoms with van der Waals surface area (Å²) in [5.41, 5.74) is 2.66. The minimum atomic E-state index is -0.286. The maximum absolute atomic E-state index is 11.2. The van der Waals surface area contributed by atoms with Crippen LogP contribution in [0.1, 0.15) is 30.9 Å². The van der Waals surface area contributed by atoms with Gasteiger partial charge in [0, 0.05) is 11.5 Å². The molecule has 1 heterocycles. The third-order valence-corrected chi connectivity index (χ3v) is 2.64. The Balaban J connectivity index is 2.88. The molecule has 0 aliphatic carbocycles. The van der Waals surface area contributed by atoms with Gasteiger partial charge in [-0.25, -0.2) is 4.79 Å². The molecule has 2 nitrogen and oxygen atoms in total. The highest BCUT2D eigenvalue weighted by Crippen LogP contribution is 2.26. The Morgan fingerprint density at radius 1 is 1.13 bits per heavy atom. The Labute approximate surface area is 88.5 Å². The monoisotopic (exact) mass is 202 g/mol. The summed E-state index contributed by atoms with van der Waals surface area (Å²) < 4.78 is 5.23. The lowest BCUT2D eigenvalue weighted by Crippen LogP contribution is -1.98. The van der Waals surface area contributed by atoms with Crippen molar-refractivity contribution in [3.8, 4) is 0 Å². The molecule has 2 rings (SSSR count). The van der Waals surface area contributed by atoms with E-state index in [1.165, 1.54) is 11.6 Å². The van der Waals surface area contributed by atoms with Crippen molar-refractivity contribution in [1.82, 2.24) is 0 Å². The van der Waals surface area contributed by atoms with Gasteiger partial charge in [0.05, 0.1) is 0 Å². The molecule has 2 heteroatoms. The van der Waals surface area contributed by atoms with Crippen molar-refractivity contribution in [2.24, 2.45) is 0 Å². The second kappa shape index (κ2) is 3.54. The molecule has 0 saturated heterocycles. The van der Waals surface area contributed by atoms with Crippen LogP contribution in [0.15, 0.2) is 33.5 Å². The van der Waals surface area contributed by atoms with Gasteiger partial charge < -0.3 is 4.42 Å². The van der Waals surface area contributed by atoms with Gasteiger partial charge in [0.2, 0.25) is 0 Å². The molecular formula is C13H14O2. The molecule has 0 atom stereocenters. The predicted molar refractivity (Wildman–Crippen MR) is 61.3 cm³/mol. The molecule has 0 radical (unpaired) electrons. The Kier molecular flexibility index (Phi) is 2.35. The second-order valence-electron chi connectivity index (χ2n) is 4.12. The molecule has 0 unspecified atom stereocenters. The summed E-state index contributed by atoms with van der Waals surface area (Å²) in [4.78, 5) is 11.2. The van der Waals surface area contributed by atoms with Crippen LogP contribution in [0.3, 0.4) is 0 Å². The SMILES string of the molecule is Cc1ccc(C(C)C)c2ccc(=O)oc12. The van der Waals surface area contributed by atoms with E-state index in [0.717, 1.165) is 10.9 Å². The van der Waals surface area contributed by atoms with E-state index in [-0.39, 0.29) is 5.63 Å². The average Bonchev–Trinajstić information content (AvgIpc) is 2.19. The molecule has 1 aromatic carbocycles. The topological polar surface area (TPSA) is 30.2 Å².